The molecular formula is C24H32ClN5O3. The molecule has 0 spiro atoms. The molecule has 0 radical (unpaired) electrons. The van der Waals surface area contributed by atoms with Gasteiger partial charge in [0, 0.05) is 75.8 Å². The van der Waals surface area contributed by atoms with Crippen molar-refractivity contribution in [2.24, 2.45) is 5.92 Å². The molecular weight excluding hydrogens is 442 g/mol. The number of rotatable bonds is 6. The lowest BCUT2D eigenvalue weighted by atomic mass is 9.90. The maximum Gasteiger partial charge on any atom is 0.257 e. The number of benzene rings is 1. The third-order valence-corrected chi connectivity index (χ3v) is 6.77. The molecule has 2 aliphatic rings. The molecule has 3 heterocycles. The van der Waals surface area contributed by atoms with Gasteiger partial charge in [0.2, 0.25) is 5.91 Å². The number of carbonyl (C=O) groups is 2. The average molecular weight is 474 g/mol. The van der Waals surface area contributed by atoms with E-state index in [2.05, 4.69) is 17.0 Å². The maximum absolute atomic E-state index is 13.1. The quantitative estimate of drug-likeness (QED) is 0.645. The summed E-state index contributed by atoms with van der Waals surface area (Å²) in [6.07, 6.45) is 4.24. The smallest absolute Gasteiger partial charge is 0.257 e. The molecule has 0 saturated carbocycles. The predicted molar refractivity (Wildman–Crippen MR) is 126 cm³/mol. The van der Waals surface area contributed by atoms with Crippen LogP contribution in [0, 0.1) is 5.92 Å². The van der Waals surface area contributed by atoms with Crippen LogP contribution in [-0.2, 0) is 11.3 Å². The number of nitrogens with zero attached hydrogens (tertiary/aromatic N) is 5. The van der Waals surface area contributed by atoms with Crippen molar-refractivity contribution >= 4 is 23.4 Å². The highest BCUT2D eigenvalue weighted by molar-refractivity contribution is 6.30. The number of aryl methyl sites for hydroxylation is 1. The fourth-order valence-corrected chi connectivity index (χ4v) is 4.68. The topological polar surface area (TPSA) is 70.9 Å². The lowest BCUT2D eigenvalue weighted by Gasteiger charge is -2.39. The third kappa shape index (κ3) is 5.86. The summed E-state index contributed by atoms with van der Waals surface area (Å²) in [5.74, 6) is 0.664. The number of hydrogen-bond acceptors (Lipinski definition) is 5. The van der Waals surface area contributed by atoms with Crippen LogP contribution in [0.15, 0.2) is 36.7 Å². The number of hydrogen-bond donors (Lipinski definition) is 0. The first-order valence-corrected chi connectivity index (χ1v) is 12.0. The molecule has 0 N–H and O–H groups in total. The molecule has 0 unspecified atom stereocenters. The van der Waals surface area contributed by atoms with Crippen molar-refractivity contribution in [3.05, 3.63) is 47.2 Å². The van der Waals surface area contributed by atoms with Crippen LogP contribution in [0.25, 0.3) is 0 Å². The second-order valence-electron chi connectivity index (χ2n) is 8.89. The molecule has 8 nitrogen and oxygen atoms in total. The Morgan fingerprint density at radius 2 is 1.94 bits per heavy atom. The van der Waals surface area contributed by atoms with Crippen LogP contribution in [0.3, 0.4) is 0 Å². The monoisotopic (exact) mass is 473 g/mol. The number of ether oxygens (including phenoxy) is 1. The van der Waals surface area contributed by atoms with E-state index in [9.17, 15) is 9.59 Å². The number of likely N-dealkylation sites (tertiary alicyclic amines) is 1. The first-order valence-electron chi connectivity index (χ1n) is 11.6. The van der Waals surface area contributed by atoms with Crippen molar-refractivity contribution in [3.8, 4) is 5.75 Å². The van der Waals surface area contributed by atoms with E-state index in [1.807, 2.05) is 28.9 Å². The minimum Gasteiger partial charge on any atom is -0.490 e. The minimum absolute atomic E-state index is 0.0482. The van der Waals surface area contributed by atoms with E-state index in [1.165, 1.54) is 0 Å². The summed E-state index contributed by atoms with van der Waals surface area (Å²) in [6.45, 7) is 6.98. The first-order chi connectivity index (χ1) is 15.9. The number of aromatic nitrogens is 2. The van der Waals surface area contributed by atoms with Crippen LogP contribution in [0.1, 0.15) is 30.1 Å². The van der Waals surface area contributed by atoms with Crippen molar-refractivity contribution in [2.45, 2.75) is 32.4 Å². The number of halogens is 1. The Kier molecular flexibility index (Phi) is 7.55. The fourth-order valence-electron chi connectivity index (χ4n) is 4.50. The highest BCUT2D eigenvalue weighted by Gasteiger charge is 2.36. The zero-order valence-corrected chi connectivity index (χ0v) is 20.1. The van der Waals surface area contributed by atoms with Gasteiger partial charge in [-0.05, 0) is 32.2 Å². The Balaban J connectivity index is 1.47. The molecule has 1 aromatic heterocycles. The number of carbonyl (C=O) groups excluding carboxylic acids is 2. The van der Waals surface area contributed by atoms with Gasteiger partial charge in [-0.15, -0.1) is 0 Å². The van der Waals surface area contributed by atoms with Crippen molar-refractivity contribution in [1.29, 1.82) is 0 Å². The Hall–Kier alpha value is -2.58. The van der Waals surface area contributed by atoms with Gasteiger partial charge in [0.15, 0.2) is 0 Å². The summed E-state index contributed by atoms with van der Waals surface area (Å²) in [5.41, 5.74) is 0.579. The van der Waals surface area contributed by atoms with Gasteiger partial charge < -0.3 is 19.4 Å². The number of piperidine rings is 1. The van der Waals surface area contributed by atoms with Gasteiger partial charge in [-0.2, -0.15) is 5.10 Å². The van der Waals surface area contributed by atoms with Gasteiger partial charge in [0.25, 0.3) is 5.91 Å². The maximum atomic E-state index is 13.1. The lowest BCUT2D eigenvalue weighted by Crippen LogP contribution is -2.51. The third-order valence-electron chi connectivity index (χ3n) is 6.53. The standard InChI is InChI=1S/C24H32ClN5O3/c1-3-30-17-19(15-26-30)24(32)29-8-7-22(33-21-6-4-5-20(25)14-21)18(16-29)13-23(31)28-11-9-27(2)10-12-28/h4-6,14-15,17-18,22H,3,7-13,16H2,1-2H3/t18-,22-/m0/s1. The molecule has 2 aliphatic heterocycles. The van der Waals surface area contributed by atoms with Crippen LogP contribution < -0.4 is 4.74 Å². The van der Waals surface area contributed by atoms with Crippen LogP contribution >= 0.6 is 11.6 Å². The normalized spacial score (nSPS) is 21.8. The van der Waals surface area contributed by atoms with E-state index in [4.69, 9.17) is 16.3 Å². The SMILES string of the molecule is CCn1cc(C(=O)N2CC[C@H](Oc3cccc(Cl)c3)[C@@H](CC(=O)N3CCN(C)CC3)C2)cn1. The average Bonchev–Trinajstić information content (AvgIpc) is 3.29. The predicted octanol–water partition coefficient (Wildman–Crippen LogP) is 2.63. The zero-order valence-electron chi connectivity index (χ0n) is 19.3. The van der Waals surface area contributed by atoms with Gasteiger partial charge in [-0.1, -0.05) is 17.7 Å². The largest absolute Gasteiger partial charge is 0.490 e. The number of piperazine rings is 1. The van der Waals surface area contributed by atoms with E-state index >= 15 is 0 Å². The van der Waals surface area contributed by atoms with Crippen LogP contribution in [0.4, 0.5) is 0 Å². The van der Waals surface area contributed by atoms with Gasteiger partial charge in [0.1, 0.15) is 11.9 Å². The minimum atomic E-state index is -0.165. The number of amides is 2. The summed E-state index contributed by atoms with van der Waals surface area (Å²) in [4.78, 5) is 32.2. The molecule has 4 rings (SSSR count). The summed E-state index contributed by atoms with van der Waals surface area (Å²) < 4.78 is 8.04. The lowest BCUT2D eigenvalue weighted by molar-refractivity contribution is -0.135. The molecule has 2 atom stereocenters. The van der Waals surface area contributed by atoms with E-state index in [1.54, 1.807) is 29.2 Å². The molecule has 2 amide bonds. The van der Waals surface area contributed by atoms with Crippen molar-refractivity contribution in [1.82, 2.24) is 24.5 Å². The molecule has 178 valence electrons. The number of likely N-dealkylation sites (N-methyl/N-ethyl adjacent to an activating group) is 1. The molecule has 2 aromatic rings. The Bertz CT molecular complexity index is 973. The van der Waals surface area contributed by atoms with E-state index in [0.29, 0.717) is 48.8 Å². The van der Waals surface area contributed by atoms with Gasteiger partial charge in [-0.3, -0.25) is 14.3 Å². The van der Waals surface area contributed by atoms with Gasteiger partial charge in [0.05, 0.1) is 11.8 Å². The molecule has 2 fully saturated rings. The van der Waals surface area contributed by atoms with Gasteiger partial charge >= 0.3 is 0 Å². The molecule has 1 aromatic carbocycles. The Morgan fingerprint density at radius 1 is 1.15 bits per heavy atom. The van der Waals surface area contributed by atoms with E-state index < -0.39 is 0 Å². The second-order valence-corrected chi connectivity index (χ2v) is 9.32. The molecule has 0 aliphatic carbocycles. The summed E-state index contributed by atoms with van der Waals surface area (Å²) >= 11 is 6.14. The van der Waals surface area contributed by atoms with Crippen molar-refractivity contribution in [3.63, 3.8) is 0 Å². The van der Waals surface area contributed by atoms with E-state index in [-0.39, 0.29) is 23.8 Å². The second kappa shape index (κ2) is 10.6. The molecule has 9 heteroatoms. The van der Waals surface area contributed by atoms with Crippen LogP contribution in [0.5, 0.6) is 5.75 Å². The summed E-state index contributed by atoms with van der Waals surface area (Å²) in [6, 6.07) is 7.33. The molecule has 2 saturated heterocycles. The van der Waals surface area contributed by atoms with Crippen molar-refractivity contribution in [2.75, 3.05) is 46.3 Å². The van der Waals surface area contributed by atoms with Crippen LogP contribution in [-0.4, -0.2) is 88.7 Å². The van der Waals surface area contributed by atoms with Crippen molar-refractivity contribution < 1.29 is 14.3 Å². The molecule has 0 bridgehead atoms. The van der Waals surface area contributed by atoms with Crippen LogP contribution in [0.2, 0.25) is 5.02 Å². The summed E-state index contributed by atoms with van der Waals surface area (Å²) in [7, 11) is 2.07. The first kappa shape index (κ1) is 23.6. The zero-order chi connectivity index (χ0) is 23.4. The Morgan fingerprint density at radius 3 is 2.64 bits per heavy atom. The Labute approximate surface area is 200 Å². The van der Waals surface area contributed by atoms with E-state index in [0.717, 1.165) is 26.2 Å². The molecule has 33 heavy (non-hydrogen) atoms. The highest BCUT2D eigenvalue weighted by Crippen LogP contribution is 2.28. The summed E-state index contributed by atoms with van der Waals surface area (Å²) in [5, 5.41) is 4.84. The van der Waals surface area contributed by atoms with Gasteiger partial charge in [-0.25, -0.2) is 0 Å². The fraction of sp³-hybridized carbons (Fsp3) is 0.542. The highest BCUT2D eigenvalue weighted by atomic mass is 35.5.